The first-order chi connectivity index (χ1) is 15.5. The largest absolute Gasteiger partial charge is 0.325 e. The van der Waals surface area contributed by atoms with Crippen molar-refractivity contribution in [3.05, 3.63) is 78.1 Å². The van der Waals surface area contributed by atoms with Gasteiger partial charge in [0, 0.05) is 11.9 Å². The number of aromatic nitrogens is 1. The molecule has 0 saturated heterocycles. The molecule has 0 radical (unpaired) electrons. The third-order valence-corrected chi connectivity index (χ3v) is 7.25. The van der Waals surface area contributed by atoms with Gasteiger partial charge in [-0.2, -0.15) is 0 Å². The molecule has 0 bridgehead atoms. The summed E-state index contributed by atoms with van der Waals surface area (Å²) in [4.78, 5) is 16.5. The van der Waals surface area contributed by atoms with Gasteiger partial charge in [0.2, 0.25) is 15.9 Å². The van der Waals surface area contributed by atoms with Gasteiger partial charge in [-0.3, -0.25) is 18.8 Å². The quantitative estimate of drug-likeness (QED) is 0.502. The molecular formula is C22H24N4O5S2. The summed E-state index contributed by atoms with van der Waals surface area (Å²) >= 11 is 0. The van der Waals surface area contributed by atoms with E-state index >= 15 is 0 Å². The molecule has 1 heterocycles. The number of carbonyl (C=O) groups is 1. The van der Waals surface area contributed by atoms with Crippen LogP contribution in [0.4, 0.5) is 17.1 Å². The number of rotatable bonds is 8. The predicted molar refractivity (Wildman–Crippen MR) is 128 cm³/mol. The Bertz CT molecular complexity index is 1340. The number of aryl methyl sites for hydroxylation is 2. The number of amides is 1. The fourth-order valence-electron chi connectivity index (χ4n) is 3.25. The van der Waals surface area contributed by atoms with Crippen LogP contribution in [0.5, 0.6) is 0 Å². The monoisotopic (exact) mass is 488 g/mol. The van der Waals surface area contributed by atoms with Crippen molar-refractivity contribution >= 4 is 43.0 Å². The average molecular weight is 489 g/mol. The molecule has 2 aromatic carbocycles. The molecule has 174 valence electrons. The molecule has 0 unspecified atom stereocenters. The van der Waals surface area contributed by atoms with Gasteiger partial charge in [0.25, 0.3) is 10.0 Å². The van der Waals surface area contributed by atoms with E-state index in [4.69, 9.17) is 0 Å². The van der Waals surface area contributed by atoms with Crippen LogP contribution in [0.15, 0.2) is 71.9 Å². The van der Waals surface area contributed by atoms with Gasteiger partial charge in [-0.1, -0.05) is 18.2 Å². The molecule has 11 heteroatoms. The summed E-state index contributed by atoms with van der Waals surface area (Å²) in [7, 11) is -7.56. The maximum Gasteiger partial charge on any atom is 0.261 e. The van der Waals surface area contributed by atoms with Gasteiger partial charge in [-0.05, 0) is 61.4 Å². The smallest absolute Gasteiger partial charge is 0.261 e. The van der Waals surface area contributed by atoms with E-state index in [2.05, 4.69) is 15.0 Å². The summed E-state index contributed by atoms with van der Waals surface area (Å²) in [6, 6.07) is 14.1. The number of hydrogen-bond acceptors (Lipinski definition) is 6. The molecule has 1 aromatic heterocycles. The van der Waals surface area contributed by atoms with Crippen molar-refractivity contribution in [2.24, 2.45) is 0 Å². The van der Waals surface area contributed by atoms with E-state index < -0.39 is 32.5 Å². The summed E-state index contributed by atoms with van der Waals surface area (Å²) in [5.74, 6) is -0.563. The number of benzene rings is 2. The van der Waals surface area contributed by atoms with Crippen LogP contribution < -0.4 is 14.3 Å². The molecule has 0 aliphatic rings. The molecular weight excluding hydrogens is 464 g/mol. The van der Waals surface area contributed by atoms with Gasteiger partial charge < -0.3 is 5.32 Å². The highest BCUT2D eigenvalue weighted by Crippen LogP contribution is 2.26. The molecule has 3 aromatic rings. The Morgan fingerprint density at radius 3 is 2.09 bits per heavy atom. The van der Waals surface area contributed by atoms with Crippen LogP contribution in [0.2, 0.25) is 0 Å². The second-order valence-corrected chi connectivity index (χ2v) is 11.0. The molecule has 3 rings (SSSR count). The number of hydrogen-bond donors (Lipinski definition) is 2. The van der Waals surface area contributed by atoms with E-state index in [1.165, 1.54) is 36.7 Å². The normalized spacial score (nSPS) is 11.6. The fraction of sp³-hybridized carbons (Fsp3) is 0.182. The van der Waals surface area contributed by atoms with Crippen molar-refractivity contribution in [2.45, 2.75) is 18.7 Å². The van der Waals surface area contributed by atoms with E-state index in [9.17, 15) is 21.6 Å². The molecule has 0 fully saturated rings. The van der Waals surface area contributed by atoms with Crippen molar-refractivity contribution in [3.8, 4) is 0 Å². The second-order valence-electron chi connectivity index (χ2n) is 7.43. The van der Waals surface area contributed by atoms with Gasteiger partial charge >= 0.3 is 0 Å². The highest BCUT2D eigenvalue weighted by Gasteiger charge is 2.24. The zero-order valence-electron chi connectivity index (χ0n) is 18.3. The third-order valence-electron chi connectivity index (χ3n) is 4.74. The van der Waals surface area contributed by atoms with Crippen LogP contribution in [0.3, 0.4) is 0 Å². The van der Waals surface area contributed by atoms with E-state index in [1.807, 2.05) is 6.07 Å². The van der Waals surface area contributed by atoms with E-state index in [0.29, 0.717) is 17.1 Å². The van der Waals surface area contributed by atoms with E-state index in [1.54, 1.807) is 38.1 Å². The molecule has 1 amide bonds. The van der Waals surface area contributed by atoms with Gasteiger partial charge in [0.1, 0.15) is 6.54 Å². The molecule has 0 atom stereocenters. The van der Waals surface area contributed by atoms with E-state index in [0.717, 1.165) is 21.7 Å². The van der Waals surface area contributed by atoms with Gasteiger partial charge in [0.05, 0.1) is 28.7 Å². The Hall–Kier alpha value is -3.44. The molecule has 0 saturated carbocycles. The van der Waals surface area contributed by atoms with E-state index in [-0.39, 0.29) is 4.90 Å². The Morgan fingerprint density at radius 2 is 1.55 bits per heavy atom. The van der Waals surface area contributed by atoms with Crippen molar-refractivity contribution in [1.82, 2.24) is 4.98 Å². The standard InChI is InChI=1S/C22H24N4O5S2/c1-16-6-4-7-17(2)22(16)26(32(3,28)29)15-21(27)24-18-9-11-20(12-10-18)33(30,31)25-19-8-5-13-23-14-19/h4-14,25H,15H2,1-3H3,(H,24,27). The molecule has 0 spiro atoms. The van der Waals surface area contributed by atoms with Crippen molar-refractivity contribution in [1.29, 1.82) is 0 Å². The minimum atomic E-state index is -3.83. The first-order valence-corrected chi connectivity index (χ1v) is 13.2. The van der Waals surface area contributed by atoms with Crippen molar-refractivity contribution in [3.63, 3.8) is 0 Å². The lowest BCUT2D eigenvalue weighted by Crippen LogP contribution is -2.38. The maximum atomic E-state index is 12.6. The molecule has 9 nitrogen and oxygen atoms in total. The Morgan fingerprint density at radius 1 is 0.909 bits per heavy atom. The number of para-hydroxylation sites is 1. The highest BCUT2D eigenvalue weighted by molar-refractivity contribution is 7.92. The Labute approximate surface area is 193 Å². The number of sulfonamides is 2. The average Bonchev–Trinajstić information content (AvgIpc) is 2.73. The van der Waals surface area contributed by atoms with Gasteiger partial charge in [-0.25, -0.2) is 16.8 Å². The summed E-state index contributed by atoms with van der Waals surface area (Å²) in [5.41, 5.74) is 2.56. The number of anilines is 3. The third kappa shape index (κ3) is 6.08. The fourth-order valence-corrected chi connectivity index (χ4v) is 5.26. The molecule has 0 aliphatic carbocycles. The van der Waals surface area contributed by atoms with Crippen LogP contribution in [-0.2, 0) is 24.8 Å². The van der Waals surface area contributed by atoms with Crippen LogP contribution in [0.25, 0.3) is 0 Å². The summed E-state index contributed by atoms with van der Waals surface area (Å²) < 4.78 is 53.3. The minimum absolute atomic E-state index is 0.00218. The lowest BCUT2D eigenvalue weighted by atomic mass is 10.1. The zero-order valence-corrected chi connectivity index (χ0v) is 19.9. The number of nitrogens with one attached hydrogen (secondary N) is 2. The molecule has 33 heavy (non-hydrogen) atoms. The maximum absolute atomic E-state index is 12.6. The Balaban J connectivity index is 1.75. The van der Waals surface area contributed by atoms with Crippen LogP contribution in [0, 0.1) is 13.8 Å². The SMILES string of the molecule is Cc1cccc(C)c1N(CC(=O)Nc1ccc(S(=O)(=O)Nc2cccnc2)cc1)S(C)(=O)=O. The minimum Gasteiger partial charge on any atom is -0.325 e. The Kier molecular flexibility index (Phi) is 7.04. The highest BCUT2D eigenvalue weighted by atomic mass is 32.2. The summed E-state index contributed by atoms with van der Waals surface area (Å²) in [6.07, 6.45) is 3.96. The topological polar surface area (TPSA) is 126 Å². The van der Waals surface area contributed by atoms with Crippen molar-refractivity contribution < 1.29 is 21.6 Å². The van der Waals surface area contributed by atoms with Gasteiger partial charge in [0.15, 0.2) is 0 Å². The van der Waals surface area contributed by atoms with Crippen LogP contribution in [-0.4, -0.2) is 40.5 Å². The molecule has 2 N–H and O–H groups in total. The van der Waals surface area contributed by atoms with Crippen molar-refractivity contribution in [2.75, 3.05) is 27.1 Å². The lowest BCUT2D eigenvalue weighted by Gasteiger charge is -2.25. The summed E-state index contributed by atoms with van der Waals surface area (Å²) in [5, 5.41) is 2.61. The summed E-state index contributed by atoms with van der Waals surface area (Å²) in [6.45, 7) is 3.13. The first-order valence-electron chi connectivity index (χ1n) is 9.84. The van der Waals surface area contributed by atoms with Crippen LogP contribution in [0.1, 0.15) is 11.1 Å². The predicted octanol–water partition coefficient (Wildman–Crippen LogP) is 2.90. The number of carbonyl (C=O) groups excluding carboxylic acids is 1. The zero-order chi connectivity index (χ0) is 24.2. The molecule has 0 aliphatic heterocycles. The number of pyridine rings is 1. The van der Waals surface area contributed by atoms with Crippen LogP contribution >= 0.6 is 0 Å². The lowest BCUT2D eigenvalue weighted by molar-refractivity contribution is -0.114. The number of nitrogens with zero attached hydrogens (tertiary/aromatic N) is 2. The van der Waals surface area contributed by atoms with Gasteiger partial charge in [-0.15, -0.1) is 0 Å². The first kappa shape index (κ1) is 24.2. The second kappa shape index (κ2) is 9.59.